The maximum absolute atomic E-state index is 5.36. The third kappa shape index (κ3) is 3.32. The van der Waals surface area contributed by atoms with E-state index in [0.29, 0.717) is 16.4 Å². The van der Waals surface area contributed by atoms with Gasteiger partial charge in [0.25, 0.3) is 0 Å². The molecule has 3 aromatic rings. The number of nitrogens with zero attached hydrogens (tertiary/aromatic N) is 3. The molecule has 6 heteroatoms. The summed E-state index contributed by atoms with van der Waals surface area (Å²) in [5, 5.41) is 11.3. The van der Waals surface area contributed by atoms with Crippen molar-refractivity contribution in [3.63, 3.8) is 0 Å². The van der Waals surface area contributed by atoms with Crippen LogP contribution >= 0.6 is 12.2 Å². The third-order valence-corrected chi connectivity index (χ3v) is 3.76. The minimum Gasteiger partial charge on any atom is -0.461 e. The van der Waals surface area contributed by atoms with Gasteiger partial charge in [0, 0.05) is 0 Å². The van der Waals surface area contributed by atoms with Gasteiger partial charge in [-0.15, -0.1) is 5.10 Å². The van der Waals surface area contributed by atoms with Crippen molar-refractivity contribution in [3.8, 4) is 11.6 Å². The summed E-state index contributed by atoms with van der Waals surface area (Å²) in [5.41, 5.74) is 2.41. The van der Waals surface area contributed by atoms with Gasteiger partial charge < -0.3 is 4.42 Å². The molecule has 2 aromatic heterocycles. The van der Waals surface area contributed by atoms with Crippen LogP contribution in [0, 0.1) is 4.77 Å². The van der Waals surface area contributed by atoms with E-state index in [1.54, 1.807) is 23.2 Å². The monoisotopic (exact) mass is 326 g/mol. The molecular formula is C17H18N4OS. The predicted octanol–water partition coefficient (Wildman–Crippen LogP) is 4.38. The molecule has 0 atom stereocenters. The SMILES string of the molecule is CC(C)(C)c1ccc(/C=N\n2c(-c3ccco3)n[nH]c2=S)cc1. The van der Waals surface area contributed by atoms with Crippen LogP contribution in [0.2, 0.25) is 0 Å². The molecule has 3 rings (SSSR count). The summed E-state index contributed by atoms with van der Waals surface area (Å²) in [6.45, 7) is 6.57. The average Bonchev–Trinajstić information content (AvgIpc) is 3.14. The van der Waals surface area contributed by atoms with Gasteiger partial charge in [0.15, 0.2) is 5.76 Å². The smallest absolute Gasteiger partial charge is 0.219 e. The number of furan rings is 1. The van der Waals surface area contributed by atoms with Crippen LogP contribution in [0.1, 0.15) is 31.9 Å². The van der Waals surface area contributed by atoms with Crippen molar-refractivity contribution in [1.29, 1.82) is 0 Å². The van der Waals surface area contributed by atoms with Gasteiger partial charge in [-0.2, -0.15) is 9.78 Å². The van der Waals surface area contributed by atoms with Crippen molar-refractivity contribution in [2.75, 3.05) is 0 Å². The summed E-state index contributed by atoms with van der Waals surface area (Å²) >= 11 is 5.22. The molecule has 2 heterocycles. The van der Waals surface area contributed by atoms with Crippen molar-refractivity contribution in [2.45, 2.75) is 26.2 Å². The summed E-state index contributed by atoms with van der Waals surface area (Å²) in [7, 11) is 0. The van der Waals surface area contributed by atoms with E-state index in [1.165, 1.54) is 5.56 Å². The molecule has 5 nitrogen and oxygen atoms in total. The first-order chi connectivity index (χ1) is 10.9. The van der Waals surface area contributed by atoms with Gasteiger partial charge >= 0.3 is 0 Å². The van der Waals surface area contributed by atoms with E-state index in [1.807, 2.05) is 18.2 Å². The standard InChI is InChI=1S/C17H18N4OS/c1-17(2,3)13-8-6-12(7-9-13)11-18-21-15(19-20-16(21)23)14-5-4-10-22-14/h4-11H,1-3H3,(H,20,23)/b18-11-. The van der Waals surface area contributed by atoms with E-state index in [4.69, 9.17) is 16.6 Å². The van der Waals surface area contributed by atoms with E-state index in [0.717, 1.165) is 5.56 Å². The molecule has 0 bridgehead atoms. The van der Waals surface area contributed by atoms with E-state index < -0.39 is 0 Å². The Balaban J connectivity index is 1.89. The van der Waals surface area contributed by atoms with Gasteiger partial charge in [-0.25, -0.2) is 5.10 Å². The van der Waals surface area contributed by atoms with Crippen molar-refractivity contribution in [2.24, 2.45) is 5.10 Å². The molecule has 1 aromatic carbocycles. The minimum absolute atomic E-state index is 0.134. The van der Waals surface area contributed by atoms with Crippen molar-refractivity contribution in [3.05, 3.63) is 58.6 Å². The number of hydrogen-bond acceptors (Lipinski definition) is 4. The van der Waals surface area contributed by atoms with Crippen LogP contribution in [-0.4, -0.2) is 21.1 Å². The first-order valence-corrected chi connectivity index (χ1v) is 7.72. The van der Waals surface area contributed by atoms with Gasteiger partial charge in [-0.1, -0.05) is 45.0 Å². The number of aromatic amines is 1. The number of H-pyrrole nitrogens is 1. The molecule has 0 radical (unpaired) electrons. The molecule has 1 N–H and O–H groups in total. The highest BCUT2D eigenvalue weighted by molar-refractivity contribution is 7.71. The van der Waals surface area contributed by atoms with Gasteiger partial charge in [-0.05, 0) is 40.9 Å². The summed E-state index contributed by atoms with van der Waals surface area (Å²) in [6, 6.07) is 11.9. The summed E-state index contributed by atoms with van der Waals surface area (Å²) in [4.78, 5) is 0. The van der Waals surface area contributed by atoms with E-state index in [-0.39, 0.29) is 5.41 Å². The fourth-order valence-corrected chi connectivity index (χ4v) is 2.34. The highest BCUT2D eigenvalue weighted by Gasteiger charge is 2.13. The zero-order valence-corrected chi connectivity index (χ0v) is 14.1. The van der Waals surface area contributed by atoms with Crippen LogP contribution in [0.3, 0.4) is 0 Å². The highest BCUT2D eigenvalue weighted by Crippen LogP contribution is 2.22. The van der Waals surface area contributed by atoms with Crippen molar-refractivity contribution >= 4 is 18.4 Å². The number of hydrogen-bond donors (Lipinski definition) is 1. The van der Waals surface area contributed by atoms with E-state index in [2.05, 4.69) is 48.2 Å². The van der Waals surface area contributed by atoms with E-state index >= 15 is 0 Å². The Morgan fingerprint density at radius 1 is 1.22 bits per heavy atom. The summed E-state index contributed by atoms with van der Waals surface area (Å²) in [6.07, 6.45) is 3.34. The zero-order chi connectivity index (χ0) is 16.4. The van der Waals surface area contributed by atoms with Crippen LogP contribution in [0.15, 0.2) is 52.2 Å². The average molecular weight is 326 g/mol. The largest absolute Gasteiger partial charge is 0.461 e. The maximum Gasteiger partial charge on any atom is 0.219 e. The lowest BCUT2D eigenvalue weighted by molar-refractivity contribution is 0.573. The van der Waals surface area contributed by atoms with Crippen molar-refractivity contribution in [1.82, 2.24) is 14.9 Å². The van der Waals surface area contributed by atoms with E-state index in [9.17, 15) is 0 Å². The lowest BCUT2D eigenvalue weighted by atomic mass is 9.87. The second-order valence-corrected chi connectivity index (χ2v) is 6.64. The fourth-order valence-electron chi connectivity index (χ4n) is 2.16. The summed E-state index contributed by atoms with van der Waals surface area (Å²) in [5.74, 6) is 1.15. The Morgan fingerprint density at radius 2 is 1.96 bits per heavy atom. The second kappa shape index (κ2) is 5.96. The molecule has 0 aliphatic heterocycles. The number of nitrogens with one attached hydrogen (secondary N) is 1. The zero-order valence-electron chi connectivity index (χ0n) is 13.3. The molecule has 118 valence electrons. The first-order valence-electron chi connectivity index (χ1n) is 7.31. The molecule has 0 aliphatic rings. The van der Waals surface area contributed by atoms with Gasteiger partial charge in [0.1, 0.15) is 0 Å². The molecule has 0 spiro atoms. The van der Waals surface area contributed by atoms with Crippen LogP contribution in [0.25, 0.3) is 11.6 Å². The minimum atomic E-state index is 0.134. The highest BCUT2D eigenvalue weighted by atomic mass is 32.1. The Labute approximate surface area is 139 Å². The lowest BCUT2D eigenvalue weighted by Crippen LogP contribution is -2.10. The van der Waals surface area contributed by atoms with Gasteiger partial charge in [0.2, 0.25) is 10.6 Å². The molecular weight excluding hydrogens is 308 g/mol. The molecule has 23 heavy (non-hydrogen) atoms. The normalized spacial score (nSPS) is 12.1. The second-order valence-electron chi connectivity index (χ2n) is 6.26. The quantitative estimate of drug-likeness (QED) is 0.574. The van der Waals surface area contributed by atoms with Gasteiger partial charge in [0.05, 0.1) is 12.5 Å². The third-order valence-electron chi connectivity index (χ3n) is 3.49. The molecule has 0 fully saturated rings. The molecule has 0 amide bonds. The predicted molar refractivity (Wildman–Crippen MR) is 93.2 cm³/mol. The van der Waals surface area contributed by atoms with Gasteiger partial charge in [-0.3, -0.25) is 0 Å². The number of rotatable bonds is 3. The Morgan fingerprint density at radius 3 is 2.57 bits per heavy atom. The fraction of sp³-hybridized carbons (Fsp3) is 0.235. The Hall–Kier alpha value is -2.47. The number of aromatic nitrogens is 3. The Kier molecular flexibility index (Phi) is 4.00. The van der Waals surface area contributed by atoms with Crippen LogP contribution in [-0.2, 0) is 5.41 Å². The van der Waals surface area contributed by atoms with Crippen LogP contribution in [0.5, 0.6) is 0 Å². The number of benzene rings is 1. The van der Waals surface area contributed by atoms with Crippen LogP contribution in [0.4, 0.5) is 0 Å². The first kappa shape index (κ1) is 15.4. The topological polar surface area (TPSA) is 59.1 Å². The molecule has 0 aliphatic carbocycles. The Bertz CT molecular complexity index is 865. The molecule has 0 unspecified atom stereocenters. The molecule has 0 saturated heterocycles. The van der Waals surface area contributed by atoms with Crippen LogP contribution < -0.4 is 0 Å². The molecule has 0 saturated carbocycles. The maximum atomic E-state index is 5.36. The van der Waals surface area contributed by atoms with Crippen molar-refractivity contribution < 1.29 is 4.42 Å². The summed E-state index contributed by atoms with van der Waals surface area (Å²) < 4.78 is 7.32. The lowest BCUT2D eigenvalue weighted by Gasteiger charge is -2.18.